The van der Waals surface area contributed by atoms with E-state index in [1.807, 2.05) is 0 Å². The average Bonchev–Trinajstić information content (AvgIpc) is 3.24. The molecule has 1 fully saturated rings. The van der Waals surface area contributed by atoms with Gasteiger partial charge in [0.25, 0.3) is 11.8 Å². The van der Waals surface area contributed by atoms with Gasteiger partial charge in [-0.3, -0.25) is 9.59 Å². The van der Waals surface area contributed by atoms with Gasteiger partial charge in [0.2, 0.25) is 10.0 Å². The van der Waals surface area contributed by atoms with Gasteiger partial charge in [-0.25, -0.2) is 8.42 Å². The van der Waals surface area contributed by atoms with Gasteiger partial charge in [0.05, 0.1) is 4.90 Å². The van der Waals surface area contributed by atoms with E-state index in [9.17, 15) is 18.0 Å². The number of sulfonamides is 1. The molecule has 8 heteroatoms. The van der Waals surface area contributed by atoms with Crippen LogP contribution in [0.5, 0.6) is 0 Å². The standard InChI is InChI=1S/C20H23N3O4S/c1-22(2)20(25)16-5-9-17(10-6-16)21-19(24)15-7-11-18(12-8-15)28(26,27)23-13-3-4-14-23/h5-12H,3-4,13-14H2,1-2H3,(H,21,24). The van der Waals surface area contributed by atoms with Gasteiger partial charge in [0, 0.05) is 44.0 Å². The summed E-state index contributed by atoms with van der Waals surface area (Å²) in [6, 6.07) is 12.5. The fourth-order valence-corrected chi connectivity index (χ4v) is 4.53. The van der Waals surface area contributed by atoms with Crippen LogP contribution in [0.3, 0.4) is 0 Å². The van der Waals surface area contributed by atoms with E-state index in [0.717, 1.165) is 12.8 Å². The molecule has 0 unspecified atom stereocenters. The number of carbonyl (C=O) groups excluding carboxylic acids is 2. The van der Waals surface area contributed by atoms with Crippen molar-refractivity contribution in [1.29, 1.82) is 0 Å². The maximum absolute atomic E-state index is 12.5. The number of carbonyl (C=O) groups is 2. The molecule has 2 aromatic carbocycles. The summed E-state index contributed by atoms with van der Waals surface area (Å²) in [5, 5.41) is 2.74. The van der Waals surface area contributed by atoms with Gasteiger partial charge in [0.1, 0.15) is 0 Å². The number of hydrogen-bond donors (Lipinski definition) is 1. The number of benzene rings is 2. The van der Waals surface area contributed by atoms with Crippen LogP contribution in [0, 0.1) is 0 Å². The van der Waals surface area contributed by atoms with Crippen LogP contribution in [-0.2, 0) is 10.0 Å². The van der Waals surface area contributed by atoms with E-state index in [-0.39, 0.29) is 16.7 Å². The maximum atomic E-state index is 12.5. The number of anilines is 1. The van der Waals surface area contributed by atoms with Crippen LogP contribution < -0.4 is 5.32 Å². The molecular weight excluding hydrogens is 378 g/mol. The molecule has 0 bridgehead atoms. The maximum Gasteiger partial charge on any atom is 0.255 e. The van der Waals surface area contributed by atoms with Crippen LogP contribution in [-0.4, -0.2) is 56.6 Å². The third-order valence-corrected chi connectivity index (χ3v) is 6.53. The second-order valence-corrected chi connectivity index (χ2v) is 8.80. The van der Waals surface area contributed by atoms with Crippen LogP contribution >= 0.6 is 0 Å². The zero-order valence-corrected chi connectivity index (χ0v) is 16.7. The smallest absolute Gasteiger partial charge is 0.255 e. The lowest BCUT2D eigenvalue weighted by atomic mass is 10.1. The Morgan fingerprint density at radius 2 is 1.43 bits per heavy atom. The highest BCUT2D eigenvalue weighted by atomic mass is 32.2. The van der Waals surface area contributed by atoms with Gasteiger partial charge in [0.15, 0.2) is 0 Å². The van der Waals surface area contributed by atoms with Crippen LogP contribution in [0.1, 0.15) is 33.6 Å². The summed E-state index contributed by atoms with van der Waals surface area (Å²) in [6.45, 7) is 1.08. The highest BCUT2D eigenvalue weighted by molar-refractivity contribution is 7.89. The van der Waals surface area contributed by atoms with Crippen molar-refractivity contribution in [3.63, 3.8) is 0 Å². The van der Waals surface area contributed by atoms with Gasteiger partial charge in [-0.05, 0) is 61.4 Å². The molecule has 7 nitrogen and oxygen atoms in total. The van der Waals surface area contributed by atoms with Crippen LogP contribution in [0.25, 0.3) is 0 Å². The number of nitrogens with one attached hydrogen (secondary N) is 1. The van der Waals surface area contributed by atoms with Crippen molar-refractivity contribution in [2.45, 2.75) is 17.7 Å². The van der Waals surface area contributed by atoms with E-state index >= 15 is 0 Å². The minimum Gasteiger partial charge on any atom is -0.345 e. The summed E-state index contributed by atoms with van der Waals surface area (Å²) in [4.78, 5) is 26.0. The van der Waals surface area contributed by atoms with Gasteiger partial charge in [-0.15, -0.1) is 0 Å². The third-order valence-electron chi connectivity index (χ3n) is 4.62. The Hall–Kier alpha value is -2.71. The number of hydrogen-bond acceptors (Lipinski definition) is 4. The van der Waals surface area contributed by atoms with Crippen molar-refractivity contribution < 1.29 is 18.0 Å². The Morgan fingerprint density at radius 3 is 1.96 bits per heavy atom. The van der Waals surface area contributed by atoms with Gasteiger partial charge >= 0.3 is 0 Å². The summed E-state index contributed by atoms with van der Waals surface area (Å²) in [7, 11) is -0.150. The van der Waals surface area contributed by atoms with Gasteiger partial charge < -0.3 is 10.2 Å². The lowest BCUT2D eigenvalue weighted by Crippen LogP contribution is -2.27. The summed E-state index contributed by atoms with van der Waals surface area (Å²) in [5.41, 5.74) is 1.43. The second-order valence-electron chi connectivity index (χ2n) is 6.87. The monoisotopic (exact) mass is 401 g/mol. The Bertz CT molecular complexity index is 962. The molecule has 0 saturated carbocycles. The van der Waals surface area contributed by atoms with Crippen LogP contribution in [0.4, 0.5) is 5.69 Å². The quantitative estimate of drug-likeness (QED) is 0.834. The first-order valence-corrected chi connectivity index (χ1v) is 10.5. The first kappa shape index (κ1) is 20.0. The molecule has 3 rings (SSSR count). The molecular formula is C20H23N3O4S. The predicted molar refractivity (Wildman–Crippen MR) is 107 cm³/mol. The lowest BCUT2D eigenvalue weighted by molar-refractivity contribution is 0.0827. The molecule has 1 aliphatic rings. The largest absolute Gasteiger partial charge is 0.345 e. The van der Waals surface area contributed by atoms with Crippen LogP contribution in [0.15, 0.2) is 53.4 Å². The molecule has 1 saturated heterocycles. The molecule has 2 amide bonds. The van der Waals surface area contributed by atoms with E-state index in [2.05, 4.69) is 5.32 Å². The van der Waals surface area contributed by atoms with Crippen molar-refractivity contribution in [2.24, 2.45) is 0 Å². The predicted octanol–water partition coefficient (Wildman–Crippen LogP) is 2.43. The zero-order valence-electron chi connectivity index (χ0n) is 15.9. The number of rotatable bonds is 5. The van der Waals surface area contributed by atoms with Crippen molar-refractivity contribution in [3.8, 4) is 0 Å². The Kier molecular flexibility index (Phi) is 5.81. The molecule has 148 valence electrons. The van der Waals surface area contributed by atoms with Crippen molar-refractivity contribution >= 4 is 27.5 Å². The summed E-state index contributed by atoms with van der Waals surface area (Å²) < 4.78 is 26.5. The molecule has 0 spiro atoms. The minimum absolute atomic E-state index is 0.118. The fourth-order valence-electron chi connectivity index (χ4n) is 3.01. The number of nitrogens with zero attached hydrogens (tertiary/aromatic N) is 2. The first-order chi connectivity index (χ1) is 13.3. The Labute approximate surface area is 165 Å². The van der Waals surface area contributed by atoms with Crippen molar-refractivity contribution in [1.82, 2.24) is 9.21 Å². The fraction of sp³-hybridized carbons (Fsp3) is 0.300. The normalized spacial score (nSPS) is 14.6. The van der Waals surface area contributed by atoms with Crippen LogP contribution in [0.2, 0.25) is 0 Å². The van der Waals surface area contributed by atoms with Crippen molar-refractivity contribution in [2.75, 3.05) is 32.5 Å². The van der Waals surface area contributed by atoms with E-state index < -0.39 is 10.0 Å². The molecule has 28 heavy (non-hydrogen) atoms. The Morgan fingerprint density at radius 1 is 0.893 bits per heavy atom. The highest BCUT2D eigenvalue weighted by Crippen LogP contribution is 2.21. The summed E-state index contributed by atoms with van der Waals surface area (Å²) >= 11 is 0. The topological polar surface area (TPSA) is 86.8 Å². The van der Waals surface area contributed by atoms with Gasteiger partial charge in [-0.1, -0.05) is 0 Å². The molecule has 1 aliphatic heterocycles. The first-order valence-electron chi connectivity index (χ1n) is 9.02. The molecule has 2 aromatic rings. The molecule has 0 aromatic heterocycles. The minimum atomic E-state index is -3.49. The second kappa shape index (κ2) is 8.12. The Balaban J connectivity index is 1.69. The SMILES string of the molecule is CN(C)C(=O)c1ccc(NC(=O)c2ccc(S(=O)(=O)N3CCCC3)cc2)cc1. The summed E-state index contributed by atoms with van der Waals surface area (Å²) in [6.07, 6.45) is 1.75. The molecule has 1 N–H and O–H groups in total. The zero-order chi connectivity index (χ0) is 20.3. The molecule has 1 heterocycles. The summed E-state index contributed by atoms with van der Waals surface area (Å²) in [5.74, 6) is -0.468. The lowest BCUT2D eigenvalue weighted by Gasteiger charge is -2.15. The highest BCUT2D eigenvalue weighted by Gasteiger charge is 2.27. The molecule has 0 aliphatic carbocycles. The van der Waals surface area contributed by atoms with E-state index in [4.69, 9.17) is 0 Å². The van der Waals surface area contributed by atoms with E-state index in [0.29, 0.717) is 29.9 Å². The van der Waals surface area contributed by atoms with Gasteiger partial charge in [-0.2, -0.15) is 4.31 Å². The van der Waals surface area contributed by atoms with E-state index in [1.165, 1.54) is 33.5 Å². The third kappa shape index (κ3) is 4.23. The molecule has 0 atom stereocenters. The molecule has 0 radical (unpaired) electrons. The number of amides is 2. The van der Waals surface area contributed by atoms with Crippen molar-refractivity contribution in [3.05, 3.63) is 59.7 Å². The average molecular weight is 401 g/mol. The van der Waals surface area contributed by atoms with E-state index in [1.54, 1.807) is 38.4 Å².